The molecule has 0 amide bonds. The summed E-state index contributed by atoms with van der Waals surface area (Å²) >= 11 is 0. The van der Waals surface area contributed by atoms with E-state index in [9.17, 15) is 0 Å². The Morgan fingerprint density at radius 1 is 0.429 bits per heavy atom. The molecule has 0 aliphatic heterocycles. The molecule has 0 radical (unpaired) electrons. The quantitative estimate of drug-likeness (QED) is 0.226. The number of rotatable bonds is 0. The fraction of sp³-hybridized carbons (Fsp3) is 0. The van der Waals surface area contributed by atoms with Crippen LogP contribution in [0.5, 0.6) is 0 Å². The van der Waals surface area contributed by atoms with Crippen LogP contribution in [0.3, 0.4) is 0 Å². The van der Waals surface area contributed by atoms with Crippen molar-refractivity contribution in [3.05, 3.63) is 0 Å². The normalized spacial score (nSPS) is 3.86. The molecule has 0 saturated heterocycles. The third-order valence-corrected chi connectivity index (χ3v) is 0. The van der Waals surface area contributed by atoms with Gasteiger partial charge in [0, 0.05) is 58.4 Å². The number of hydrogen-bond donors (Lipinski definition) is 6. The average Bonchev–Trinajstić information content (AvgIpc) is 1.25. The van der Waals surface area contributed by atoms with Gasteiger partial charge in [-0.1, -0.05) is 0 Å². The van der Waals surface area contributed by atoms with Crippen LogP contribution in [-0.4, -0.2) is 61.2 Å². The number of hydrogen-bond acceptors (Lipinski definition) is 6. The van der Waals surface area contributed by atoms with Gasteiger partial charge in [-0.2, -0.15) is 0 Å². The maximum Gasteiger partial charge on any atom is 0.631 e. The van der Waals surface area contributed by atoms with Crippen LogP contribution in [0, 0.1) is 0 Å². The van der Waals surface area contributed by atoms with E-state index in [1.54, 1.807) is 0 Å². The molecule has 0 aromatic carbocycles. The molecule has 0 unspecified atom stereocenters. The minimum absolute atomic E-state index is 0. The molecule has 14 heavy (non-hydrogen) atoms. The monoisotopic (exact) mass is 370 g/mol. The van der Waals surface area contributed by atoms with E-state index < -0.39 is 14.6 Å². The van der Waals surface area contributed by atoms with Gasteiger partial charge < -0.3 is 46.6 Å². The zero-order valence-corrected chi connectivity index (χ0v) is 16.4. The molecule has 0 heterocycles. The summed E-state index contributed by atoms with van der Waals surface area (Å²) in [5.74, 6) is 0. The largest absolute Gasteiger partial charge is 0.631 e. The van der Waals surface area contributed by atoms with Crippen molar-refractivity contribution in [3.63, 3.8) is 0 Å². The van der Waals surface area contributed by atoms with E-state index in [0.717, 1.165) is 0 Å². The van der Waals surface area contributed by atoms with E-state index >= 15 is 0 Å². The Morgan fingerprint density at radius 2 is 0.429 bits per heavy atom. The molecule has 0 atom stereocenters. The van der Waals surface area contributed by atoms with Gasteiger partial charge in [-0.15, -0.1) is 0 Å². The van der Waals surface area contributed by atoms with Crippen molar-refractivity contribution in [2.24, 2.45) is 0 Å². The standard InChI is InChI=1S/2BH3O3.3H2O.3Zn/c2*2-1(3)4;;;;;;/h2*2-4H;3*1H2;;;. The maximum absolute atomic E-state index is 7.17. The Morgan fingerprint density at radius 3 is 0.429 bits per heavy atom. The van der Waals surface area contributed by atoms with Crippen LogP contribution in [-0.2, 0) is 58.4 Å². The minimum Gasteiger partial charge on any atom is -0.412 e. The van der Waals surface area contributed by atoms with Crippen molar-refractivity contribution >= 4 is 14.6 Å². The minimum atomic E-state index is -2.17. The summed E-state index contributed by atoms with van der Waals surface area (Å²) in [7, 11) is -4.33. The molecule has 0 aliphatic carbocycles. The van der Waals surface area contributed by atoms with E-state index in [2.05, 4.69) is 0 Å². The fourth-order valence-electron chi connectivity index (χ4n) is 0. The first-order chi connectivity index (χ1) is 3.46. The zero-order valence-electron chi connectivity index (χ0n) is 7.46. The van der Waals surface area contributed by atoms with Crippen LogP contribution < -0.4 is 0 Å². The summed E-state index contributed by atoms with van der Waals surface area (Å²) in [6.07, 6.45) is 0. The van der Waals surface area contributed by atoms with E-state index in [-0.39, 0.29) is 74.9 Å². The zero-order chi connectivity index (χ0) is 7.15. The molecule has 12 N–H and O–H groups in total. The van der Waals surface area contributed by atoms with Crippen molar-refractivity contribution in [1.29, 1.82) is 0 Å². The van der Waals surface area contributed by atoms with Crippen LogP contribution >= 0.6 is 0 Å². The molecule has 0 fully saturated rings. The Labute approximate surface area is 119 Å². The smallest absolute Gasteiger partial charge is 0.412 e. The molecule has 0 aliphatic rings. The second-order valence-corrected chi connectivity index (χ2v) is 0.693. The van der Waals surface area contributed by atoms with Crippen molar-refractivity contribution in [1.82, 2.24) is 0 Å². The van der Waals surface area contributed by atoms with Gasteiger partial charge in [0.15, 0.2) is 0 Å². The molecular formula is H12B2O9Zn3. The van der Waals surface area contributed by atoms with Crippen LogP contribution in [0.4, 0.5) is 0 Å². The third kappa shape index (κ3) is 810. The Bertz CT molecular complexity index is 33.5. The first kappa shape index (κ1) is 57.4. The molecule has 0 saturated carbocycles. The summed E-state index contributed by atoms with van der Waals surface area (Å²) in [5.41, 5.74) is 0. The van der Waals surface area contributed by atoms with Gasteiger partial charge in [0.1, 0.15) is 0 Å². The molecular weight excluding hydrogens is 362 g/mol. The van der Waals surface area contributed by atoms with E-state index in [1.165, 1.54) is 0 Å². The molecule has 9 nitrogen and oxygen atoms in total. The SMILES string of the molecule is O.O.O.OB(O)O.OB(O)O.[Zn].[Zn].[Zn]. The summed E-state index contributed by atoms with van der Waals surface area (Å²) in [4.78, 5) is 0. The third-order valence-electron chi connectivity index (χ3n) is 0. The van der Waals surface area contributed by atoms with Gasteiger partial charge in [-0.3, -0.25) is 0 Å². The summed E-state index contributed by atoms with van der Waals surface area (Å²) < 4.78 is 0. The van der Waals surface area contributed by atoms with Crippen molar-refractivity contribution in [2.75, 3.05) is 0 Å². The summed E-state index contributed by atoms with van der Waals surface area (Å²) in [5, 5.41) is 43.0. The average molecular weight is 374 g/mol. The van der Waals surface area contributed by atoms with Crippen LogP contribution in [0.15, 0.2) is 0 Å². The van der Waals surface area contributed by atoms with Gasteiger partial charge in [0.05, 0.1) is 0 Å². The van der Waals surface area contributed by atoms with E-state index in [1.807, 2.05) is 0 Å². The van der Waals surface area contributed by atoms with Crippen molar-refractivity contribution in [3.8, 4) is 0 Å². The molecule has 14 heteroatoms. The van der Waals surface area contributed by atoms with Gasteiger partial charge in [0.25, 0.3) is 0 Å². The molecule has 78 valence electrons. The molecule has 0 aromatic rings. The van der Waals surface area contributed by atoms with Gasteiger partial charge in [-0.25, -0.2) is 0 Å². The predicted molar refractivity (Wildman–Crippen MR) is 35.7 cm³/mol. The second kappa shape index (κ2) is 46.7. The fourth-order valence-corrected chi connectivity index (χ4v) is 0. The van der Waals surface area contributed by atoms with Crippen LogP contribution in [0.1, 0.15) is 0 Å². The van der Waals surface area contributed by atoms with Crippen LogP contribution in [0.2, 0.25) is 0 Å². The first-order valence-corrected chi connectivity index (χ1v) is 1.55. The molecule has 0 aromatic heterocycles. The van der Waals surface area contributed by atoms with Crippen LogP contribution in [0.25, 0.3) is 0 Å². The summed E-state index contributed by atoms with van der Waals surface area (Å²) in [6, 6.07) is 0. The van der Waals surface area contributed by atoms with E-state index in [4.69, 9.17) is 30.1 Å². The van der Waals surface area contributed by atoms with Gasteiger partial charge in [-0.05, 0) is 0 Å². The van der Waals surface area contributed by atoms with E-state index in [0.29, 0.717) is 0 Å². The molecule has 0 rings (SSSR count). The second-order valence-electron chi connectivity index (χ2n) is 0.693. The van der Waals surface area contributed by atoms with Gasteiger partial charge in [0.2, 0.25) is 0 Å². The Balaban J connectivity index is -0.00000000600. The first-order valence-electron chi connectivity index (χ1n) is 1.55. The molecule has 0 spiro atoms. The maximum atomic E-state index is 7.17. The van der Waals surface area contributed by atoms with Crippen molar-refractivity contribution < 1.29 is 105 Å². The topological polar surface area (TPSA) is 216 Å². The Kier molecular flexibility index (Phi) is 191. The summed E-state index contributed by atoms with van der Waals surface area (Å²) in [6.45, 7) is 0. The van der Waals surface area contributed by atoms with Crippen molar-refractivity contribution in [2.45, 2.75) is 0 Å². The predicted octanol–water partition coefficient (Wildman–Crippen LogP) is -6.59. The Hall–Kier alpha value is 1.64. The van der Waals surface area contributed by atoms with Gasteiger partial charge >= 0.3 is 14.6 Å². The molecule has 0 bridgehead atoms.